The molecule has 2 N–H and O–H groups in total. The van der Waals surface area contributed by atoms with E-state index in [2.05, 4.69) is 25.4 Å². The van der Waals surface area contributed by atoms with Crippen molar-refractivity contribution in [2.24, 2.45) is 0 Å². The molecule has 1 amide bonds. The number of carbonyl (C=O) groups excluding carboxylic acids is 2. The number of H-pyrrole nitrogens is 1. The van der Waals surface area contributed by atoms with Crippen molar-refractivity contribution in [3.8, 4) is 0 Å². The van der Waals surface area contributed by atoms with Gasteiger partial charge in [-0.3, -0.25) is 14.8 Å². The summed E-state index contributed by atoms with van der Waals surface area (Å²) < 4.78 is 4.82. The third-order valence-electron chi connectivity index (χ3n) is 7.44. The number of fused-ring (bicyclic) bond motifs is 2. The number of esters is 1. The van der Waals surface area contributed by atoms with Gasteiger partial charge in [-0.2, -0.15) is 10.1 Å². The van der Waals surface area contributed by atoms with E-state index in [0.717, 1.165) is 48.1 Å². The van der Waals surface area contributed by atoms with Gasteiger partial charge in [-0.15, -0.1) is 0 Å². The van der Waals surface area contributed by atoms with Crippen LogP contribution >= 0.6 is 0 Å². The first-order chi connectivity index (χ1) is 18.5. The monoisotopic (exact) mass is 511 g/mol. The molecule has 6 rings (SSSR count). The highest BCUT2D eigenvalue weighted by Crippen LogP contribution is 2.42. The molecule has 0 bridgehead atoms. The normalized spacial score (nSPS) is 17.9. The van der Waals surface area contributed by atoms with E-state index in [4.69, 9.17) is 9.72 Å². The van der Waals surface area contributed by atoms with E-state index in [1.807, 2.05) is 25.1 Å². The smallest absolute Gasteiger partial charge is 0.337 e. The van der Waals surface area contributed by atoms with E-state index in [-0.39, 0.29) is 11.9 Å². The molecule has 2 aromatic carbocycles. The summed E-state index contributed by atoms with van der Waals surface area (Å²) in [5.41, 5.74) is 3.49. The Morgan fingerprint density at radius 1 is 1.08 bits per heavy atom. The van der Waals surface area contributed by atoms with Crippen LogP contribution in [0.25, 0.3) is 10.9 Å². The molecule has 10 heteroatoms. The molecule has 0 unspecified atom stereocenters. The molecular formula is C28H29N7O3. The number of nitrogens with zero attached hydrogens (tertiary/aromatic N) is 5. The third-order valence-corrected chi connectivity index (χ3v) is 7.44. The predicted molar refractivity (Wildman–Crippen MR) is 145 cm³/mol. The number of rotatable bonds is 5. The molecule has 2 aromatic heterocycles. The Balaban J connectivity index is 1.41. The lowest BCUT2D eigenvalue weighted by Crippen LogP contribution is -2.55. The average Bonchev–Trinajstić information content (AvgIpc) is 3.42. The van der Waals surface area contributed by atoms with Crippen LogP contribution < -0.4 is 15.1 Å². The largest absolute Gasteiger partial charge is 0.465 e. The first-order valence-electron chi connectivity index (χ1n) is 12.9. The predicted octanol–water partition coefficient (Wildman–Crippen LogP) is 5.09. The zero-order valence-corrected chi connectivity index (χ0v) is 21.3. The second kappa shape index (κ2) is 9.77. The number of hydrogen-bond acceptors (Lipinski definition) is 8. The Morgan fingerprint density at radius 2 is 1.87 bits per heavy atom. The molecule has 0 radical (unpaired) electrons. The Labute approximate surface area is 220 Å². The van der Waals surface area contributed by atoms with Gasteiger partial charge in [0, 0.05) is 22.8 Å². The van der Waals surface area contributed by atoms with Crippen molar-refractivity contribution in [2.75, 3.05) is 22.2 Å². The number of methoxy groups -OCH3 is 1. The van der Waals surface area contributed by atoms with E-state index in [0.29, 0.717) is 22.9 Å². The molecule has 1 aliphatic carbocycles. The number of amides is 1. The van der Waals surface area contributed by atoms with Gasteiger partial charge in [0.05, 0.1) is 30.6 Å². The van der Waals surface area contributed by atoms with Crippen molar-refractivity contribution in [2.45, 2.75) is 51.1 Å². The van der Waals surface area contributed by atoms with E-state index < -0.39 is 12.0 Å². The van der Waals surface area contributed by atoms with Gasteiger partial charge in [0.1, 0.15) is 11.7 Å². The minimum atomic E-state index is -0.425. The highest BCUT2D eigenvalue weighted by Gasteiger charge is 2.41. The molecular weight excluding hydrogens is 482 g/mol. The molecule has 3 heterocycles. The lowest BCUT2D eigenvalue weighted by molar-refractivity contribution is -0.119. The second-order valence-corrected chi connectivity index (χ2v) is 9.79. The summed E-state index contributed by atoms with van der Waals surface area (Å²) in [6.07, 6.45) is 9.01. The van der Waals surface area contributed by atoms with E-state index in [1.165, 1.54) is 13.5 Å². The second-order valence-electron chi connectivity index (χ2n) is 9.79. The maximum absolute atomic E-state index is 13.8. The van der Waals surface area contributed by atoms with Crippen molar-refractivity contribution in [3.63, 3.8) is 0 Å². The minimum absolute atomic E-state index is 0.0522. The zero-order chi connectivity index (χ0) is 26.2. The molecule has 10 nitrogen and oxygen atoms in total. The maximum Gasteiger partial charge on any atom is 0.337 e. The number of carbonyl (C=O) groups is 2. The van der Waals surface area contributed by atoms with Crippen molar-refractivity contribution in [1.82, 2.24) is 20.2 Å². The van der Waals surface area contributed by atoms with E-state index in [1.54, 1.807) is 41.6 Å². The van der Waals surface area contributed by atoms with Gasteiger partial charge in [0.15, 0.2) is 5.82 Å². The average molecular weight is 512 g/mol. The standard InChI is InChI=1S/C28H29N7O3/c1-17-26(36)35(22-11-8-18(9-12-22)27(37)38-2)24-16-29-28(31-20-10-13-23-19(14-20)15-30-33-23)32-25(24)34(17)21-6-4-3-5-7-21/h8-17,21H,3-7H2,1-2H3,(H,30,33)(H,29,31,32)/t17-/m1/s1. The number of nitrogens with one attached hydrogen (secondary N) is 2. The SMILES string of the molecule is COC(=O)c1ccc(N2C(=O)[C@@H](C)N(C3CCCCC3)c3nc(Nc4ccc5[nH]ncc5c4)ncc32)cc1. The lowest BCUT2D eigenvalue weighted by Gasteiger charge is -2.45. The van der Waals surface area contributed by atoms with Crippen LogP contribution in [-0.2, 0) is 9.53 Å². The number of hydrogen-bond donors (Lipinski definition) is 2. The summed E-state index contributed by atoms with van der Waals surface area (Å²) in [7, 11) is 1.35. The first kappa shape index (κ1) is 23.9. The number of anilines is 5. The number of benzene rings is 2. The fourth-order valence-electron chi connectivity index (χ4n) is 5.51. The summed E-state index contributed by atoms with van der Waals surface area (Å²) in [4.78, 5) is 39.1. The number of aromatic nitrogens is 4. The Morgan fingerprint density at radius 3 is 2.63 bits per heavy atom. The Hall–Kier alpha value is -4.47. The summed E-state index contributed by atoms with van der Waals surface area (Å²) in [5.74, 6) is 0.702. The van der Waals surface area contributed by atoms with Crippen LogP contribution in [0.15, 0.2) is 54.9 Å². The van der Waals surface area contributed by atoms with Crippen LogP contribution in [0.5, 0.6) is 0 Å². The number of ether oxygens (including phenoxy) is 1. The highest BCUT2D eigenvalue weighted by atomic mass is 16.5. The molecule has 194 valence electrons. The summed E-state index contributed by atoms with van der Waals surface area (Å²) >= 11 is 0. The third kappa shape index (κ3) is 4.21. The van der Waals surface area contributed by atoms with Gasteiger partial charge < -0.3 is 15.0 Å². The zero-order valence-electron chi connectivity index (χ0n) is 21.3. The van der Waals surface area contributed by atoms with Crippen LogP contribution in [0.1, 0.15) is 49.4 Å². The quantitative estimate of drug-likeness (QED) is 0.356. The van der Waals surface area contributed by atoms with Crippen LogP contribution in [-0.4, -0.2) is 51.2 Å². The summed E-state index contributed by atoms with van der Waals surface area (Å²) in [5, 5.41) is 11.3. The molecule has 2 aliphatic rings. The fourth-order valence-corrected chi connectivity index (χ4v) is 5.51. The number of aromatic amines is 1. The van der Waals surface area contributed by atoms with Crippen LogP contribution in [0, 0.1) is 0 Å². The highest BCUT2D eigenvalue weighted by molar-refractivity contribution is 6.10. The summed E-state index contributed by atoms with van der Waals surface area (Å²) in [6.45, 7) is 1.94. The molecule has 1 saturated carbocycles. The fraction of sp³-hybridized carbons (Fsp3) is 0.321. The minimum Gasteiger partial charge on any atom is -0.465 e. The van der Waals surface area contributed by atoms with Crippen molar-refractivity contribution >= 4 is 51.6 Å². The molecule has 1 atom stereocenters. The molecule has 0 saturated heterocycles. The van der Waals surface area contributed by atoms with Crippen LogP contribution in [0.2, 0.25) is 0 Å². The van der Waals surface area contributed by atoms with Crippen molar-refractivity contribution in [1.29, 1.82) is 0 Å². The lowest BCUT2D eigenvalue weighted by atomic mass is 9.92. The van der Waals surface area contributed by atoms with Crippen molar-refractivity contribution in [3.05, 3.63) is 60.4 Å². The van der Waals surface area contributed by atoms with Gasteiger partial charge in [-0.25, -0.2) is 9.78 Å². The van der Waals surface area contributed by atoms with Crippen LogP contribution in [0.4, 0.5) is 28.8 Å². The van der Waals surface area contributed by atoms with Gasteiger partial charge in [0.2, 0.25) is 5.95 Å². The van der Waals surface area contributed by atoms with E-state index in [9.17, 15) is 9.59 Å². The molecule has 1 aliphatic heterocycles. The van der Waals surface area contributed by atoms with Gasteiger partial charge in [-0.05, 0) is 62.2 Å². The van der Waals surface area contributed by atoms with Crippen molar-refractivity contribution < 1.29 is 14.3 Å². The maximum atomic E-state index is 13.8. The van der Waals surface area contributed by atoms with Crippen LogP contribution in [0.3, 0.4) is 0 Å². The molecule has 0 spiro atoms. The van der Waals surface area contributed by atoms with E-state index >= 15 is 0 Å². The Bertz CT molecular complexity index is 1490. The van der Waals surface area contributed by atoms with Gasteiger partial charge in [-0.1, -0.05) is 19.3 Å². The van der Waals surface area contributed by atoms with Gasteiger partial charge in [0.25, 0.3) is 5.91 Å². The first-order valence-corrected chi connectivity index (χ1v) is 12.9. The summed E-state index contributed by atoms with van der Waals surface area (Å²) in [6, 6.07) is 12.5. The Kier molecular flexibility index (Phi) is 6.15. The molecule has 4 aromatic rings. The topological polar surface area (TPSA) is 116 Å². The van der Waals surface area contributed by atoms with Gasteiger partial charge >= 0.3 is 5.97 Å². The molecule has 1 fully saturated rings. The molecule has 38 heavy (non-hydrogen) atoms.